The molecule has 2 saturated carbocycles. The molecule has 42 heavy (non-hydrogen) atoms. The maximum atomic E-state index is 15.2. The monoisotopic (exact) mass is 582 g/mol. The molecular formula is C29H35FN6O6. The van der Waals surface area contributed by atoms with Gasteiger partial charge in [-0.3, -0.25) is 14.4 Å². The number of methoxy groups -OCH3 is 1. The van der Waals surface area contributed by atoms with Gasteiger partial charge in [0, 0.05) is 19.2 Å². The molecule has 224 valence electrons. The van der Waals surface area contributed by atoms with Gasteiger partial charge in [-0.2, -0.15) is 5.26 Å². The summed E-state index contributed by atoms with van der Waals surface area (Å²) in [5.74, 6) is -2.16. The summed E-state index contributed by atoms with van der Waals surface area (Å²) in [5, 5.41) is 15.5. The number of pyridine rings is 1. The third kappa shape index (κ3) is 4.25. The van der Waals surface area contributed by atoms with Crippen LogP contribution in [0.3, 0.4) is 0 Å². The fourth-order valence-corrected chi connectivity index (χ4v) is 7.90. The number of fused-ring (bicyclic) bond motifs is 6. The van der Waals surface area contributed by atoms with Crippen molar-refractivity contribution in [3.05, 3.63) is 18.3 Å². The Morgan fingerprint density at radius 2 is 2.05 bits per heavy atom. The molecule has 2 aliphatic carbocycles. The molecule has 2 N–H and O–H groups in total. The zero-order chi connectivity index (χ0) is 30.1. The van der Waals surface area contributed by atoms with Crippen molar-refractivity contribution >= 4 is 29.5 Å². The number of carbonyl (C=O) groups excluding carboxylic acids is 4. The molecule has 6 rings (SSSR count). The van der Waals surface area contributed by atoms with Crippen molar-refractivity contribution in [1.82, 2.24) is 20.1 Å². The van der Waals surface area contributed by atoms with Gasteiger partial charge in [0.1, 0.15) is 30.0 Å². The predicted molar refractivity (Wildman–Crippen MR) is 144 cm³/mol. The van der Waals surface area contributed by atoms with Crippen LogP contribution in [0.25, 0.3) is 0 Å². The summed E-state index contributed by atoms with van der Waals surface area (Å²) in [4.78, 5) is 61.2. The van der Waals surface area contributed by atoms with Gasteiger partial charge in [0.25, 0.3) is 5.91 Å². The maximum absolute atomic E-state index is 15.2. The summed E-state index contributed by atoms with van der Waals surface area (Å²) in [5.41, 5.74) is -1.88. The van der Waals surface area contributed by atoms with Crippen molar-refractivity contribution in [2.75, 3.05) is 25.5 Å². The quantitative estimate of drug-likeness (QED) is 0.548. The number of alkyl carbamates (subject to hydrolysis) is 1. The van der Waals surface area contributed by atoms with E-state index in [2.05, 4.69) is 21.7 Å². The Morgan fingerprint density at radius 3 is 2.74 bits per heavy atom. The molecule has 4 fully saturated rings. The lowest BCUT2D eigenvalue weighted by Gasteiger charge is -2.38. The van der Waals surface area contributed by atoms with Gasteiger partial charge in [0.15, 0.2) is 0 Å². The largest absolute Gasteiger partial charge is 0.457 e. The summed E-state index contributed by atoms with van der Waals surface area (Å²) in [7, 11) is 1.20. The average Bonchev–Trinajstić information content (AvgIpc) is 3.70. The molecule has 0 aromatic carbocycles. The Kier molecular flexibility index (Phi) is 6.58. The van der Waals surface area contributed by atoms with Gasteiger partial charge < -0.3 is 29.9 Å². The Morgan fingerprint density at radius 1 is 1.29 bits per heavy atom. The van der Waals surface area contributed by atoms with Crippen LogP contribution in [0.15, 0.2) is 18.3 Å². The number of aromatic nitrogens is 1. The van der Waals surface area contributed by atoms with Crippen molar-refractivity contribution < 1.29 is 33.0 Å². The van der Waals surface area contributed by atoms with E-state index in [9.17, 15) is 24.4 Å². The smallest absolute Gasteiger partial charge is 0.407 e. The van der Waals surface area contributed by atoms with E-state index >= 15 is 4.39 Å². The summed E-state index contributed by atoms with van der Waals surface area (Å²) < 4.78 is 26.0. The van der Waals surface area contributed by atoms with Crippen LogP contribution in [-0.2, 0) is 19.1 Å². The molecule has 2 saturated heterocycles. The minimum absolute atomic E-state index is 0.0384. The van der Waals surface area contributed by atoms with E-state index < -0.39 is 71.0 Å². The minimum atomic E-state index is -1.54. The average molecular weight is 583 g/mol. The lowest BCUT2D eigenvalue weighted by Crippen LogP contribution is -2.60. The number of rotatable bonds is 3. The number of alkyl halides is 1. The van der Waals surface area contributed by atoms with Crippen molar-refractivity contribution in [2.45, 2.75) is 69.9 Å². The number of nitrogens with zero attached hydrogens (tertiary/aromatic N) is 4. The Hall–Kier alpha value is -3.95. The number of hydrogen-bond acceptors (Lipinski definition) is 8. The maximum Gasteiger partial charge on any atom is 0.407 e. The first-order valence-electron chi connectivity index (χ1n) is 14.3. The highest BCUT2D eigenvalue weighted by Crippen LogP contribution is 2.59. The molecule has 1 aromatic heterocycles. The normalized spacial score (nSPS) is 35.1. The number of nitrogens with one attached hydrogen (secondary N) is 2. The van der Waals surface area contributed by atoms with Crippen LogP contribution in [0, 0.1) is 40.4 Å². The van der Waals surface area contributed by atoms with Gasteiger partial charge in [0.05, 0.1) is 19.7 Å². The molecule has 13 heteroatoms. The second-order valence-corrected chi connectivity index (χ2v) is 13.2. The van der Waals surface area contributed by atoms with E-state index in [4.69, 9.17) is 9.47 Å². The zero-order valence-electron chi connectivity index (χ0n) is 24.0. The Labute approximate surface area is 242 Å². The van der Waals surface area contributed by atoms with Gasteiger partial charge in [-0.05, 0) is 54.1 Å². The van der Waals surface area contributed by atoms with E-state index in [0.29, 0.717) is 18.5 Å². The zero-order valence-corrected chi connectivity index (χ0v) is 24.0. The first-order chi connectivity index (χ1) is 19.9. The molecule has 2 bridgehead atoms. The van der Waals surface area contributed by atoms with Crippen LogP contribution in [-0.4, -0.2) is 88.7 Å². The first kappa shape index (κ1) is 28.2. The summed E-state index contributed by atoms with van der Waals surface area (Å²) in [6.07, 6.45) is 0.604. The molecular weight excluding hydrogens is 547 g/mol. The Balaban J connectivity index is 1.34. The van der Waals surface area contributed by atoms with E-state index in [1.54, 1.807) is 32.9 Å². The van der Waals surface area contributed by atoms with Crippen molar-refractivity contribution in [3.8, 4) is 11.9 Å². The number of anilines is 1. The predicted octanol–water partition coefficient (Wildman–Crippen LogP) is 1.87. The minimum Gasteiger partial charge on any atom is -0.457 e. The molecule has 9 atom stereocenters. The second-order valence-electron chi connectivity index (χ2n) is 13.2. The lowest BCUT2D eigenvalue weighted by atomic mass is 9.77. The summed E-state index contributed by atoms with van der Waals surface area (Å²) in [6, 6.07) is 2.34. The molecule has 0 radical (unpaired) electrons. The standard InChI is InChI=1S/C29H35FN6O6/c1-28(2,3)22(34-27(40)41-4)25(38)35-12-17-14-8-16(18(30)9-14)20(17)21(35)24(37)36-13-29(10-15(36)11-31)26(39)33-19-6-5-7-32-23(19)42-29/h5-7,14-18,20-22H,8-10,12-13H2,1-4H3,(H,33,39)(H,34,40). The van der Waals surface area contributed by atoms with E-state index in [-0.39, 0.29) is 37.2 Å². The van der Waals surface area contributed by atoms with Gasteiger partial charge in [0.2, 0.25) is 23.3 Å². The van der Waals surface area contributed by atoms with E-state index in [1.807, 2.05) is 0 Å². The molecule has 9 unspecified atom stereocenters. The number of likely N-dealkylation sites (tertiary alicyclic amines) is 2. The number of amides is 4. The first-order valence-corrected chi connectivity index (χ1v) is 14.3. The fourth-order valence-electron chi connectivity index (χ4n) is 7.90. The van der Waals surface area contributed by atoms with E-state index in [0.717, 1.165) is 0 Å². The molecule has 3 aliphatic heterocycles. The molecule has 1 spiro atoms. The highest BCUT2D eigenvalue weighted by Gasteiger charge is 2.65. The SMILES string of the molecule is COC(=O)NC(C(=O)N1CC2C3CC(F)C(C3)C2C1C(=O)N1CC2(CC1C#N)Oc1ncccc1NC2=O)C(C)(C)C. The van der Waals surface area contributed by atoms with Crippen molar-refractivity contribution in [3.63, 3.8) is 0 Å². The molecule has 5 aliphatic rings. The van der Waals surface area contributed by atoms with Crippen LogP contribution in [0.4, 0.5) is 14.9 Å². The number of hydrogen-bond donors (Lipinski definition) is 2. The van der Waals surface area contributed by atoms with Gasteiger partial charge in [-0.25, -0.2) is 14.2 Å². The molecule has 4 amide bonds. The topological polar surface area (TPSA) is 154 Å². The van der Waals surface area contributed by atoms with Crippen LogP contribution in [0.5, 0.6) is 5.88 Å². The highest BCUT2D eigenvalue weighted by atomic mass is 19.1. The van der Waals surface area contributed by atoms with Crippen molar-refractivity contribution in [2.24, 2.45) is 29.1 Å². The third-order valence-corrected chi connectivity index (χ3v) is 9.85. The fraction of sp³-hybridized carbons (Fsp3) is 0.655. The van der Waals surface area contributed by atoms with Gasteiger partial charge in [-0.15, -0.1) is 0 Å². The van der Waals surface area contributed by atoms with Crippen LogP contribution >= 0.6 is 0 Å². The van der Waals surface area contributed by atoms with Crippen LogP contribution in [0.2, 0.25) is 0 Å². The van der Waals surface area contributed by atoms with Crippen LogP contribution < -0.4 is 15.4 Å². The summed E-state index contributed by atoms with van der Waals surface area (Å²) in [6.45, 7) is 5.40. The Bertz CT molecular complexity index is 1380. The van der Waals surface area contributed by atoms with E-state index in [1.165, 1.54) is 23.1 Å². The number of carbonyl (C=O) groups is 4. The number of nitriles is 1. The third-order valence-electron chi connectivity index (χ3n) is 9.85. The van der Waals surface area contributed by atoms with Crippen LogP contribution in [0.1, 0.15) is 40.0 Å². The second kappa shape index (κ2) is 9.81. The summed E-state index contributed by atoms with van der Waals surface area (Å²) >= 11 is 0. The molecule has 1 aromatic rings. The highest BCUT2D eigenvalue weighted by molar-refractivity contribution is 6.02. The molecule has 12 nitrogen and oxygen atoms in total. The van der Waals surface area contributed by atoms with Crippen molar-refractivity contribution in [1.29, 1.82) is 5.26 Å². The van der Waals surface area contributed by atoms with Gasteiger partial charge >= 0.3 is 6.09 Å². The van der Waals surface area contributed by atoms with Gasteiger partial charge in [-0.1, -0.05) is 20.8 Å². The number of halogens is 1. The number of ether oxygens (including phenoxy) is 2. The molecule has 4 heterocycles. The lowest BCUT2D eigenvalue weighted by molar-refractivity contribution is -0.149.